The molecule has 0 aliphatic rings. The van der Waals surface area contributed by atoms with E-state index < -0.39 is 30.2 Å². The summed E-state index contributed by atoms with van der Waals surface area (Å²) in [6.07, 6.45) is 0.133. The van der Waals surface area contributed by atoms with Crippen LogP contribution in [-0.2, 0) is 14.4 Å². The van der Waals surface area contributed by atoms with Gasteiger partial charge in [-0.05, 0) is 5.92 Å². The van der Waals surface area contributed by atoms with Crippen LogP contribution in [0, 0.1) is 5.92 Å². The SMILES string of the molecule is CC[C@H](C)[C@H](NC(=O)CC(N)=O)C(=O)O. The lowest BCUT2D eigenvalue weighted by Gasteiger charge is -2.19. The molecule has 0 radical (unpaired) electrons. The zero-order valence-electron chi connectivity index (χ0n) is 8.82. The standard InChI is InChI=1S/C9H16N2O4/c1-3-5(2)8(9(14)15)11-7(13)4-6(10)12/h5,8H,3-4H2,1-2H3,(H2,10,12)(H,11,13)(H,14,15)/t5-,8-/m0/s1. The van der Waals surface area contributed by atoms with Crippen LogP contribution in [0.1, 0.15) is 26.7 Å². The number of carbonyl (C=O) groups is 3. The average molecular weight is 216 g/mol. The minimum atomic E-state index is -1.11. The molecular weight excluding hydrogens is 200 g/mol. The third kappa shape index (κ3) is 4.99. The van der Waals surface area contributed by atoms with Crippen molar-refractivity contribution in [3.8, 4) is 0 Å². The summed E-state index contributed by atoms with van der Waals surface area (Å²) in [6, 6.07) is -0.971. The van der Waals surface area contributed by atoms with Crippen molar-refractivity contribution in [1.82, 2.24) is 5.32 Å². The summed E-state index contributed by atoms with van der Waals surface area (Å²) in [5.74, 6) is -2.74. The number of amides is 2. The van der Waals surface area contributed by atoms with Gasteiger partial charge in [-0.3, -0.25) is 9.59 Å². The van der Waals surface area contributed by atoms with Crippen LogP contribution >= 0.6 is 0 Å². The minimum absolute atomic E-state index is 0.195. The minimum Gasteiger partial charge on any atom is -0.480 e. The van der Waals surface area contributed by atoms with Crippen LogP contribution in [0.5, 0.6) is 0 Å². The van der Waals surface area contributed by atoms with Crippen molar-refractivity contribution in [3.05, 3.63) is 0 Å². The van der Waals surface area contributed by atoms with Gasteiger partial charge in [0, 0.05) is 0 Å². The number of hydrogen-bond acceptors (Lipinski definition) is 3. The van der Waals surface area contributed by atoms with Gasteiger partial charge in [-0.1, -0.05) is 20.3 Å². The fraction of sp³-hybridized carbons (Fsp3) is 0.667. The largest absolute Gasteiger partial charge is 0.480 e. The van der Waals surface area contributed by atoms with E-state index in [4.69, 9.17) is 10.8 Å². The van der Waals surface area contributed by atoms with Crippen LogP contribution in [0.25, 0.3) is 0 Å². The molecule has 4 N–H and O–H groups in total. The predicted molar refractivity (Wildman–Crippen MR) is 52.8 cm³/mol. The van der Waals surface area contributed by atoms with E-state index in [0.717, 1.165) is 0 Å². The Balaban J connectivity index is 4.35. The molecule has 0 saturated heterocycles. The molecule has 0 aromatic rings. The highest BCUT2D eigenvalue weighted by Crippen LogP contribution is 2.07. The van der Waals surface area contributed by atoms with Crippen molar-refractivity contribution < 1.29 is 19.5 Å². The van der Waals surface area contributed by atoms with Crippen molar-refractivity contribution in [2.45, 2.75) is 32.7 Å². The third-order valence-corrected chi connectivity index (χ3v) is 2.13. The molecule has 0 aliphatic heterocycles. The third-order valence-electron chi connectivity index (χ3n) is 2.13. The van der Waals surface area contributed by atoms with Crippen molar-refractivity contribution in [2.75, 3.05) is 0 Å². The van der Waals surface area contributed by atoms with Crippen LogP contribution in [0.4, 0.5) is 0 Å². The summed E-state index contributed by atoms with van der Waals surface area (Å²) >= 11 is 0. The molecule has 86 valence electrons. The van der Waals surface area contributed by atoms with E-state index in [9.17, 15) is 14.4 Å². The molecule has 0 spiro atoms. The maximum absolute atomic E-state index is 11.1. The van der Waals surface area contributed by atoms with E-state index in [1.54, 1.807) is 6.92 Å². The van der Waals surface area contributed by atoms with E-state index in [1.165, 1.54) is 0 Å². The van der Waals surface area contributed by atoms with Gasteiger partial charge in [-0.15, -0.1) is 0 Å². The Kier molecular flexibility index (Phi) is 5.36. The van der Waals surface area contributed by atoms with Crippen molar-refractivity contribution in [3.63, 3.8) is 0 Å². The molecule has 2 atom stereocenters. The van der Waals surface area contributed by atoms with E-state index in [1.807, 2.05) is 6.92 Å². The lowest BCUT2D eigenvalue weighted by atomic mass is 9.99. The number of carbonyl (C=O) groups excluding carboxylic acids is 2. The topological polar surface area (TPSA) is 109 Å². The molecule has 0 aliphatic carbocycles. The fourth-order valence-corrected chi connectivity index (χ4v) is 1.07. The van der Waals surface area contributed by atoms with Crippen LogP contribution in [-0.4, -0.2) is 28.9 Å². The van der Waals surface area contributed by atoms with Crippen molar-refractivity contribution in [1.29, 1.82) is 0 Å². The molecule has 0 rings (SSSR count). The van der Waals surface area contributed by atoms with Gasteiger partial charge in [-0.25, -0.2) is 4.79 Å². The predicted octanol–water partition coefficient (Wildman–Crippen LogP) is -0.523. The number of hydrogen-bond donors (Lipinski definition) is 3. The van der Waals surface area contributed by atoms with E-state index >= 15 is 0 Å². The first-order valence-electron chi connectivity index (χ1n) is 4.69. The zero-order chi connectivity index (χ0) is 12.0. The molecule has 0 unspecified atom stereocenters. The zero-order valence-corrected chi connectivity index (χ0v) is 8.82. The second-order valence-corrected chi connectivity index (χ2v) is 3.41. The lowest BCUT2D eigenvalue weighted by molar-refractivity contribution is -0.144. The normalized spacial score (nSPS) is 14.0. The molecule has 15 heavy (non-hydrogen) atoms. The number of nitrogens with one attached hydrogen (secondary N) is 1. The lowest BCUT2D eigenvalue weighted by Crippen LogP contribution is -2.45. The van der Waals surface area contributed by atoms with Gasteiger partial charge >= 0.3 is 5.97 Å². The second kappa shape index (κ2) is 6.00. The molecule has 0 bridgehead atoms. The Bertz CT molecular complexity index is 265. The van der Waals surface area contributed by atoms with Crippen molar-refractivity contribution >= 4 is 17.8 Å². The molecule has 6 heteroatoms. The highest BCUT2D eigenvalue weighted by Gasteiger charge is 2.25. The Morgan fingerprint density at radius 1 is 1.40 bits per heavy atom. The summed E-state index contributed by atoms with van der Waals surface area (Å²) in [5, 5.41) is 11.1. The van der Waals surface area contributed by atoms with Crippen molar-refractivity contribution in [2.24, 2.45) is 11.7 Å². The first-order valence-corrected chi connectivity index (χ1v) is 4.69. The Hall–Kier alpha value is -1.59. The highest BCUT2D eigenvalue weighted by atomic mass is 16.4. The Morgan fingerprint density at radius 2 is 1.93 bits per heavy atom. The van der Waals surface area contributed by atoms with Gasteiger partial charge in [-0.2, -0.15) is 0 Å². The molecule has 0 aromatic carbocycles. The number of nitrogens with two attached hydrogens (primary N) is 1. The summed E-state index contributed by atoms with van der Waals surface area (Å²) in [7, 11) is 0. The fourth-order valence-electron chi connectivity index (χ4n) is 1.07. The van der Waals surface area contributed by atoms with Crippen LogP contribution < -0.4 is 11.1 Å². The molecule has 0 aromatic heterocycles. The number of rotatable bonds is 6. The first kappa shape index (κ1) is 13.4. The Morgan fingerprint density at radius 3 is 2.27 bits per heavy atom. The van der Waals surface area contributed by atoms with E-state index in [0.29, 0.717) is 6.42 Å². The summed E-state index contributed by atoms with van der Waals surface area (Å²) in [4.78, 5) is 32.3. The van der Waals surface area contributed by atoms with Gasteiger partial charge in [0.1, 0.15) is 12.5 Å². The number of carboxylic acids is 1. The molecule has 0 saturated carbocycles. The monoisotopic (exact) mass is 216 g/mol. The van der Waals surface area contributed by atoms with Gasteiger partial charge in [0.05, 0.1) is 0 Å². The molecule has 0 fully saturated rings. The average Bonchev–Trinajstić information content (AvgIpc) is 2.11. The first-order chi connectivity index (χ1) is 6.88. The number of aliphatic carboxylic acids is 1. The molecule has 0 heterocycles. The maximum atomic E-state index is 11.1. The van der Waals surface area contributed by atoms with Gasteiger partial charge < -0.3 is 16.2 Å². The van der Waals surface area contributed by atoms with Crippen LogP contribution in [0.2, 0.25) is 0 Å². The molecule has 2 amide bonds. The van der Waals surface area contributed by atoms with Gasteiger partial charge in [0.15, 0.2) is 0 Å². The highest BCUT2D eigenvalue weighted by molar-refractivity contribution is 5.97. The van der Waals surface area contributed by atoms with Crippen LogP contribution in [0.15, 0.2) is 0 Å². The maximum Gasteiger partial charge on any atom is 0.326 e. The van der Waals surface area contributed by atoms with Crippen LogP contribution in [0.3, 0.4) is 0 Å². The summed E-state index contributed by atoms with van der Waals surface area (Å²) in [5.41, 5.74) is 4.81. The van der Waals surface area contributed by atoms with E-state index in [2.05, 4.69) is 5.32 Å². The summed E-state index contributed by atoms with van der Waals surface area (Å²) < 4.78 is 0. The second-order valence-electron chi connectivity index (χ2n) is 3.41. The van der Waals surface area contributed by atoms with Gasteiger partial charge in [0.25, 0.3) is 0 Å². The number of primary amides is 1. The quantitative estimate of drug-likeness (QED) is 0.519. The molecular formula is C9H16N2O4. The molecule has 6 nitrogen and oxygen atoms in total. The smallest absolute Gasteiger partial charge is 0.326 e. The summed E-state index contributed by atoms with van der Waals surface area (Å²) in [6.45, 7) is 3.53. The van der Waals surface area contributed by atoms with E-state index in [-0.39, 0.29) is 5.92 Å². The number of carboxylic acid groups (broad SMARTS) is 1. The Labute approximate surface area is 87.8 Å². The van der Waals surface area contributed by atoms with Gasteiger partial charge in [0.2, 0.25) is 11.8 Å².